The molecule has 2 unspecified atom stereocenters. The summed E-state index contributed by atoms with van der Waals surface area (Å²) in [5.74, 6) is 0.157. The number of nitrogens with zero attached hydrogens (tertiary/aromatic N) is 1. The number of nitrogens with two attached hydrogens (primary N) is 1. The van der Waals surface area contributed by atoms with Crippen molar-refractivity contribution < 1.29 is 4.79 Å². The summed E-state index contributed by atoms with van der Waals surface area (Å²) in [5.41, 5.74) is 5.75. The molecule has 0 radical (unpaired) electrons. The molecule has 118 valence electrons. The van der Waals surface area contributed by atoms with E-state index in [-0.39, 0.29) is 18.0 Å². The molecule has 0 aromatic rings. The summed E-state index contributed by atoms with van der Waals surface area (Å²) < 4.78 is 0. The Hall–Kier alpha value is -0.610. The van der Waals surface area contributed by atoms with Crippen LogP contribution in [0.5, 0.6) is 0 Å². The first-order valence-electron chi connectivity index (χ1n) is 8.36. The monoisotopic (exact) mass is 283 g/mol. The molecule has 0 bridgehead atoms. The van der Waals surface area contributed by atoms with Gasteiger partial charge in [0, 0.05) is 25.2 Å². The van der Waals surface area contributed by atoms with E-state index < -0.39 is 0 Å². The molecule has 3 N–H and O–H groups in total. The maximum Gasteiger partial charge on any atom is 0.237 e. The van der Waals surface area contributed by atoms with Gasteiger partial charge in [-0.15, -0.1) is 0 Å². The third-order valence-corrected chi connectivity index (χ3v) is 4.42. The number of hydrogen-bond acceptors (Lipinski definition) is 3. The Kier molecular flexibility index (Phi) is 8.15. The molecule has 1 rings (SSSR count). The van der Waals surface area contributed by atoms with E-state index in [0.717, 1.165) is 19.4 Å². The summed E-state index contributed by atoms with van der Waals surface area (Å²) in [6, 6.07) is 0.733. The Bertz CT molecular complexity index is 277. The van der Waals surface area contributed by atoms with Crippen LogP contribution in [0.2, 0.25) is 0 Å². The van der Waals surface area contributed by atoms with Gasteiger partial charge >= 0.3 is 0 Å². The van der Waals surface area contributed by atoms with Crippen LogP contribution in [0.25, 0.3) is 0 Å². The fourth-order valence-electron chi connectivity index (χ4n) is 3.27. The van der Waals surface area contributed by atoms with Crippen LogP contribution in [0.4, 0.5) is 0 Å². The highest BCUT2D eigenvalue weighted by Crippen LogP contribution is 2.24. The van der Waals surface area contributed by atoms with Crippen molar-refractivity contribution in [2.75, 3.05) is 13.1 Å². The molecule has 0 saturated heterocycles. The lowest BCUT2D eigenvalue weighted by Crippen LogP contribution is -2.53. The first kappa shape index (κ1) is 17.4. The second-order valence-corrected chi connectivity index (χ2v) is 6.19. The van der Waals surface area contributed by atoms with Gasteiger partial charge in [-0.2, -0.15) is 0 Å². The van der Waals surface area contributed by atoms with Gasteiger partial charge in [-0.25, -0.2) is 0 Å². The van der Waals surface area contributed by atoms with Crippen LogP contribution in [0.15, 0.2) is 0 Å². The van der Waals surface area contributed by atoms with Crippen molar-refractivity contribution >= 4 is 5.91 Å². The van der Waals surface area contributed by atoms with E-state index in [2.05, 4.69) is 24.1 Å². The largest absolute Gasteiger partial charge is 0.352 e. The van der Waals surface area contributed by atoms with Crippen molar-refractivity contribution in [3.05, 3.63) is 0 Å². The van der Waals surface area contributed by atoms with Crippen LogP contribution >= 0.6 is 0 Å². The molecule has 4 nitrogen and oxygen atoms in total. The minimum Gasteiger partial charge on any atom is -0.352 e. The van der Waals surface area contributed by atoms with Crippen LogP contribution in [-0.2, 0) is 4.79 Å². The predicted molar refractivity (Wildman–Crippen MR) is 84.6 cm³/mol. The van der Waals surface area contributed by atoms with Gasteiger partial charge in [0.05, 0.1) is 6.04 Å². The second-order valence-electron chi connectivity index (χ2n) is 6.19. The minimum absolute atomic E-state index is 0.0686. The van der Waals surface area contributed by atoms with Gasteiger partial charge in [0.25, 0.3) is 0 Å². The van der Waals surface area contributed by atoms with Crippen molar-refractivity contribution in [1.29, 1.82) is 0 Å². The fraction of sp³-hybridized carbons (Fsp3) is 0.938. The van der Waals surface area contributed by atoms with Crippen LogP contribution < -0.4 is 11.1 Å². The Morgan fingerprint density at radius 1 is 1.30 bits per heavy atom. The van der Waals surface area contributed by atoms with Gasteiger partial charge in [0.1, 0.15) is 0 Å². The lowest BCUT2D eigenvalue weighted by molar-refractivity contribution is -0.127. The summed E-state index contributed by atoms with van der Waals surface area (Å²) >= 11 is 0. The molecule has 20 heavy (non-hydrogen) atoms. The van der Waals surface area contributed by atoms with E-state index in [0.29, 0.717) is 12.6 Å². The van der Waals surface area contributed by atoms with Gasteiger partial charge < -0.3 is 11.1 Å². The standard InChI is InChI=1S/C16H33N3O/c1-4-8-13(2)18-16(20)14(3)19(12-11-17)15-9-6-5-7-10-15/h13-15H,4-12,17H2,1-3H3,(H,18,20). The van der Waals surface area contributed by atoms with E-state index in [4.69, 9.17) is 5.73 Å². The zero-order valence-electron chi connectivity index (χ0n) is 13.5. The first-order valence-corrected chi connectivity index (χ1v) is 8.36. The van der Waals surface area contributed by atoms with E-state index >= 15 is 0 Å². The van der Waals surface area contributed by atoms with Crippen molar-refractivity contribution in [3.63, 3.8) is 0 Å². The third kappa shape index (κ3) is 5.41. The molecule has 4 heteroatoms. The van der Waals surface area contributed by atoms with Crippen LogP contribution in [-0.4, -0.2) is 42.0 Å². The highest BCUT2D eigenvalue weighted by molar-refractivity contribution is 5.81. The molecule has 1 aliphatic rings. The summed E-state index contributed by atoms with van der Waals surface area (Å²) in [6.07, 6.45) is 8.47. The smallest absolute Gasteiger partial charge is 0.237 e. The number of hydrogen-bond donors (Lipinski definition) is 2. The average Bonchev–Trinajstić information content (AvgIpc) is 2.45. The van der Waals surface area contributed by atoms with Crippen molar-refractivity contribution in [2.24, 2.45) is 5.73 Å². The number of rotatable bonds is 8. The SMILES string of the molecule is CCCC(C)NC(=O)C(C)N(CCN)C1CCCCC1. The molecule has 1 amide bonds. The summed E-state index contributed by atoms with van der Waals surface area (Å²) in [5, 5.41) is 3.14. The Labute approximate surface area is 124 Å². The number of nitrogens with one attached hydrogen (secondary N) is 1. The van der Waals surface area contributed by atoms with Gasteiger partial charge in [-0.3, -0.25) is 9.69 Å². The summed E-state index contributed by atoms with van der Waals surface area (Å²) in [4.78, 5) is 14.7. The van der Waals surface area contributed by atoms with E-state index in [1.165, 1.54) is 32.1 Å². The maximum absolute atomic E-state index is 12.4. The molecule has 0 aromatic carbocycles. The normalized spacial score (nSPS) is 19.9. The van der Waals surface area contributed by atoms with Crippen molar-refractivity contribution in [2.45, 2.75) is 83.8 Å². The van der Waals surface area contributed by atoms with Crippen molar-refractivity contribution in [3.8, 4) is 0 Å². The molecule has 1 aliphatic carbocycles. The van der Waals surface area contributed by atoms with Crippen LogP contribution in [0.1, 0.15) is 65.7 Å². The Balaban J connectivity index is 2.57. The topological polar surface area (TPSA) is 58.4 Å². The van der Waals surface area contributed by atoms with Crippen LogP contribution in [0.3, 0.4) is 0 Å². The Morgan fingerprint density at radius 2 is 1.95 bits per heavy atom. The van der Waals surface area contributed by atoms with E-state index in [1.807, 2.05) is 6.92 Å². The highest BCUT2D eigenvalue weighted by Gasteiger charge is 2.28. The molecular formula is C16H33N3O. The number of carbonyl (C=O) groups is 1. The van der Waals surface area contributed by atoms with Gasteiger partial charge in [-0.05, 0) is 33.1 Å². The van der Waals surface area contributed by atoms with Gasteiger partial charge in [-0.1, -0.05) is 32.6 Å². The zero-order chi connectivity index (χ0) is 15.0. The lowest BCUT2D eigenvalue weighted by Gasteiger charge is -2.38. The van der Waals surface area contributed by atoms with Gasteiger partial charge in [0.15, 0.2) is 0 Å². The lowest BCUT2D eigenvalue weighted by atomic mass is 9.93. The Morgan fingerprint density at radius 3 is 2.50 bits per heavy atom. The van der Waals surface area contributed by atoms with Crippen molar-refractivity contribution in [1.82, 2.24) is 10.2 Å². The average molecular weight is 283 g/mol. The van der Waals surface area contributed by atoms with E-state index in [9.17, 15) is 4.79 Å². The summed E-state index contributed by atoms with van der Waals surface area (Å²) in [6.45, 7) is 7.70. The molecule has 0 aromatic heterocycles. The molecule has 1 saturated carbocycles. The quantitative estimate of drug-likeness (QED) is 0.718. The molecule has 0 spiro atoms. The molecule has 0 heterocycles. The maximum atomic E-state index is 12.4. The minimum atomic E-state index is -0.0686. The zero-order valence-corrected chi connectivity index (χ0v) is 13.5. The molecule has 1 fully saturated rings. The van der Waals surface area contributed by atoms with Crippen LogP contribution in [0, 0.1) is 0 Å². The number of carbonyl (C=O) groups excluding carboxylic acids is 1. The summed E-state index contributed by atoms with van der Waals surface area (Å²) in [7, 11) is 0. The molecular weight excluding hydrogens is 250 g/mol. The van der Waals surface area contributed by atoms with Gasteiger partial charge in [0.2, 0.25) is 5.91 Å². The number of amides is 1. The first-order chi connectivity index (χ1) is 9.60. The third-order valence-electron chi connectivity index (χ3n) is 4.42. The molecule has 0 aliphatic heterocycles. The van der Waals surface area contributed by atoms with E-state index in [1.54, 1.807) is 0 Å². The second kappa shape index (κ2) is 9.35. The predicted octanol–water partition coefficient (Wildman–Crippen LogP) is 2.27. The fourth-order valence-corrected chi connectivity index (χ4v) is 3.27. The highest BCUT2D eigenvalue weighted by atomic mass is 16.2. The molecule has 2 atom stereocenters.